The zero-order valence-corrected chi connectivity index (χ0v) is 46.7. The molecule has 0 unspecified atom stereocenters. The topological polar surface area (TPSA) is 91.7 Å². The van der Waals surface area contributed by atoms with Crippen LogP contribution in [-0.2, 0) is 14.4 Å². The van der Waals surface area contributed by atoms with Gasteiger partial charge in [-0.05, 0) is 122 Å². The molecule has 0 saturated heterocycles. The standard InChI is InChI=1S/C10H18O.2C9H16O2.C4H7I3.C4H8I2.C4H9I/c1-3-9-4-6-10(7-5-9)8(2)11;1-7(11)9-4-2-8(6-10)3-5-9;1-2-7-3-5-8(6-4-7)9(10)11;1-4(2,7)3(5)6;1-4(2,6)3-5;1-4(2,3)5/h9-10H,3-7H2,1-2H3;8-10H,2-6H2,1H3;7-8H,2-6H2,1H3,(H,10,11);3H,1-2H3;3H2,1-2H3;1-3H3. The van der Waals surface area contributed by atoms with E-state index in [0.717, 1.165) is 78.0 Å². The molecule has 0 radical (unpaired) electrons. The van der Waals surface area contributed by atoms with Crippen LogP contribution >= 0.6 is 136 Å². The van der Waals surface area contributed by atoms with Crippen LogP contribution in [0.2, 0.25) is 0 Å². The first kappa shape index (κ1) is 58.5. The first-order chi connectivity index (χ1) is 23.2. The lowest BCUT2D eigenvalue weighted by atomic mass is 9.79. The Labute approximate surface area is 397 Å². The smallest absolute Gasteiger partial charge is 0.306 e. The van der Waals surface area contributed by atoms with Crippen LogP contribution in [0.1, 0.15) is 166 Å². The highest BCUT2D eigenvalue weighted by atomic mass is 127. The van der Waals surface area contributed by atoms with Gasteiger partial charge in [0.2, 0.25) is 0 Å². The van der Waals surface area contributed by atoms with Gasteiger partial charge in [0.05, 0.1) is 7.85 Å². The van der Waals surface area contributed by atoms with E-state index in [1.165, 1.54) is 30.1 Å². The van der Waals surface area contributed by atoms with Gasteiger partial charge >= 0.3 is 5.97 Å². The predicted octanol–water partition coefficient (Wildman–Crippen LogP) is 14.7. The highest BCUT2D eigenvalue weighted by Gasteiger charge is 2.25. The number of aliphatic carboxylic acids is 1. The third-order valence-electron chi connectivity index (χ3n) is 9.29. The van der Waals surface area contributed by atoms with Crippen LogP contribution in [0.25, 0.3) is 0 Å². The first-order valence-electron chi connectivity index (χ1n) is 19.0. The fourth-order valence-electron chi connectivity index (χ4n) is 5.55. The number of carboxylic acid groups (broad SMARTS) is 1. The van der Waals surface area contributed by atoms with Gasteiger partial charge < -0.3 is 10.2 Å². The largest absolute Gasteiger partial charge is 0.481 e. The molecule has 306 valence electrons. The van der Waals surface area contributed by atoms with Crippen molar-refractivity contribution in [1.29, 1.82) is 0 Å². The van der Waals surface area contributed by atoms with Crippen molar-refractivity contribution in [1.82, 2.24) is 0 Å². The van der Waals surface area contributed by atoms with Gasteiger partial charge in [0.1, 0.15) is 11.6 Å². The molecule has 0 aromatic heterocycles. The monoisotopic (exact) mass is 1400 g/mol. The number of halogens is 6. The lowest BCUT2D eigenvalue weighted by Gasteiger charge is -2.25. The SMILES string of the molecule is CC(=O)C1CCC(CO)CC1.CC(C)(C)I.CC(C)(I)C(I)I.CC(C)(I)CI.CCC1CCC(C(=O)O)CC1.CCC1CCC(C(C)=O)CC1. The zero-order valence-electron chi connectivity index (χ0n) is 33.7. The van der Waals surface area contributed by atoms with E-state index in [9.17, 15) is 14.4 Å². The molecule has 51 heavy (non-hydrogen) atoms. The van der Waals surface area contributed by atoms with E-state index < -0.39 is 5.97 Å². The summed E-state index contributed by atoms with van der Waals surface area (Å²) in [6.07, 6.45) is 15.4. The molecule has 0 aliphatic heterocycles. The summed E-state index contributed by atoms with van der Waals surface area (Å²) in [6.45, 7) is 23.6. The molecule has 3 rings (SSSR count). The highest BCUT2D eigenvalue weighted by Crippen LogP contribution is 2.33. The van der Waals surface area contributed by atoms with Crippen molar-refractivity contribution in [3.05, 3.63) is 0 Å². The molecule has 3 saturated carbocycles. The van der Waals surface area contributed by atoms with Crippen LogP contribution in [0.3, 0.4) is 0 Å². The van der Waals surface area contributed by atoms with Crippen molar-refractivity contribution in [3.8, 4) is 0 Å². The fourth-order valence-corrected chi connectivity index (χ4v) is 5.55. The number of hydrogen-bond donors (Lipinski definition) is 2. The number of ketones is 2. The Balaban J connectivity index is -0.000000557. The summed E-state index contributed by atoms with van der Waals surface area (Å²) >= 11 is 14.5. The van der Waals surface area contributed by atoms with Crippen molar-refractivity contribution < 1.29 is 24.6 Å². The average molecular weight is 1400 g/mol. The van der Waals surface area contributed by atoms with Crippen LogP contribution < -0.4 is 0 Å². The summed E-state index contributed by atoms with van der Waals surface area (Å²) in [5, 5.41) is 17.5. The molecule has 3 fully saturated rings. The maximum atomic E-state index is 11.0. The number of carbonyl (C=O) groups is 3. The Kier molecular flexibility index (Phi) is 36.8. The highest BCUT2D eigenvalue weighted by molar-refractivity contribution is 14.2. The molecule has 0 amide bonds. The maximum Gasteiger partial charge on any atom is 0.306 e. The Morgan fingerprint density at radius 3 is 1.00 bits per heavy atom. The molecule has 0 atom stereocenters. The van der Waals surface area contributed by atoms with E-state index in [4.69, 9.17) is 10.2 Å². The number of aliphatic hydroxyl groups is 1. The van der Waals surface area contributed by atoms with Gasteiger partial charge in [-0.25, -0.2) is 0 Å². The predicted molar refractivity (Wildman–Crippen MR) is 274 cm³/mol. The van der Waals surface area contributed by atoms with Crippen molar-refractivity contribution in [2.75, 3.05) is 11.0 Å². The van der Waals surface area contributed by atoms with Gasteiger partial charge in [-0.3, -0.25) is 14.4 Å². The lowest BCUT2D eigenvalue weighted by molar-refractivity contribution is -0.143. The summed E-state index contributed by atoms with van der Waals surface area (Å²) in [5.74, 6) is 2.94. The van der Waals surface area contributed by atoms with Gasteiger partial charge in [-0.2, -0.15) is 0 Å². The third kappa shape index (κ3) is 38.4. The van der Waals surface area contributed by atoms with E-state index in [1.807, 2.05) is 0 Å². The quantitative estimate of drug-likeness (QED) is 0.187. The van der Waals surface area contributed by atoms with Gasteiger partial charge in [-0.1, -0.05) is 197 Å². The molecular formula is C40H74I6O5. The Bertz CT molecular complexity index is 800. The summed E-state index contributed by atoms with van der Waals surface area (Å²) in [5.41, 5.74) is 0. The number of hydrogen-bond acceptors (Lipinski definition) is 4. The first-order valence-corrected chi connectivity index (χ1v) is 26.2. The zero-order chi connectivity index (χ0) is 40.6. The van der Waals surface area contributed by atoms with E-state index in [1.54, 1.807) is 13.8 Å². The summed E-state index contributed by atoms with van der Waals surface area (Å²) in [4.78, 5) is 32.5. The number of alkyl halides is 6. The third-order valence-corrected chi connectivity index (χ3v) is 19.2. The number of carbonyl (C=O) groups excluding carboxylic acids is 2. The van der Waals surface area contributed by atoms with Gasteiger partial charge in [-0.15, -0.1) is 0 Å². The van der Waals surface area contributed by atoms with Crippen LogP contribution in [-0.4, -0.2) is 51.0 Å². The number of Topliss-reactive ketones (excluding diaryl/α,β-unsaturated/α-hetero) is 2. The molecule has 5 nitrogen and oxygen atoms in total. The molecule has 3 aliphatic carbocycles. The summed E-state index contributed by atoms with van der Waals surface area (Å²) in [7, 11) is 0. The number of aliphatic hydroxyl groups excluding tert-OH is 1. The van der Waals surface area contributed by atoms with E-state index in [0.29, 0.717) is 40.3 Å². The average Bonchev–Trinajstić information content (AvgIpc) is 3.04. The molecule has 11 heteroatoms. The minimum absolute atomic E-state index is 0.0437. The van der Waals surface area contributed by atoms with E-state index in [2.05, 4.69) is 198 Å². The second kappa shape index (κ2) is 32.1. The maximum absolute atomic E-state index is 11.0. The fraction of sp³-hybridized carbons (Fsp3) is 0.925. The van der Waals surface area contributed by atoms with E-state index in [-0.39, 0.29) is 11.8 Å². The second-order valence-corrected chi connectivity index (χ2v) is 31.1. The summed E-state index contributed by atoms with van der Waals surface area (Å²) in [6, 6.07) is 0. The molecular weight excluding hydrogens is 1320 g/mol. The van der Waals surface area contributed by atoms with Crippen LogP contribution in [0.15, 0.2) is 0 Å². The second-order valence-electron chi connectivity index (χ2n) is 16.5. The molecule has 0 heterocycles. The molecule has 3 aliphatic rings. The van der Waals surface area contributed by atoms with Crippen molar-refractivity contribution in [2.24, 2.45) is 35.5 Å². The van der Waals surface area contributed by atoms with Crippen molar-refractivity contribution in [3.63, 3.8) is 0 Å². The molecule has 0 aromatic rings. The van der Waals surface area contributed by atoms with Gasteiger partial charge in [0.15, 0.2) is 0 Å². The Hall–Kier alpha value is 3.15. The Morgan fingerprint density at radius 2 is 0.843 bits per heavy atom. The number of rotatable bonds is 8. The van der Waals surface area contributed by atoms with Crippen LogP contribution in [0.4, 0.5) is 0 Å². The lowest BCUT2D eigenvalue weighted by Crippen LogP contribution is -2.21. The molecule has 0 aromatic carbocycles. The minimum Gasteiger partial charge on any atom is -0.481 e. The normalized spacial score (nSPS) is 24.9. The molecule has 2 N–H and O–H groups in total. The molecule has 0 spiro atoms. The molecule has 0 bridgehead atoms. The summed E-state index contributed by atoms with van der Waals surface area (Å²) < 4.78 is 3.36. The van der Waals surface area contributed by atoms with Crippen LogP contribution in [0.5, 0.6) is 0 Å². The van der Waals surface area contributed by atoms with Crippen LogP contribution in [0, 0.1) is 35.5 Å². The van der Waals surface area contributed by atoms with E-state index >= 15 is 0 Å². The Morgan fingerprint density at radius 1 is 0.608 bits per heavy atom. The number of carboxylic acids is 1. The van der Waals surface area contributed by atoms with Crippen molar-refractivity contribution in [2.45, 2.75) is 178 Å². The minimum atomic E-state index is -0.598. The van der Waals surface area contributed by atoms with Crippen molar-refractivity contribution >= 4 is 153 Å². The van der Waals surface area contributed by atoms with Gasteiger partial charge in [0.25, 0.3) is 0 Å². The van der Waals surface area contributed by atoms with Gasteiger partial charge in [0, 0.05) is 33.1 Å².